The Morgan fingerprint density at radius 3 is 2.75 bits per heavy atom. The SMILES string of the molecule is CCc1cc2ccc(CO)cc2nc1OC. The van der Waals surface area contributed by atoms with Crippen molar-refractivity contribution in [3.8, 4) is 5.88 Å². The van der Waals surface area contributed by atoms with Crippen LogP contribution in [0.25, 0.3) is 10.9 Å². The second-order valence-electron chi connectivity index (χ2n) is 3.70. The monoisotopic (exact) mass is 217 g/mol. The van der Waals surface area contributed by atoms with Gasteiger partial charge in [-0.3, -0.25) is 0 Å². The van der Waals surface area contributed by atoms with Gasteiger partial charge in [-0.05, 0) is 24.1 Å². The Morgan fingerprint density at radius 2 is 2.12 bits per heavy atom. The molecule has 0 saturated heterocycles. The van der Waals surface area contributed by atoms with Crippen LogP contribution in [0.3, 0.4) is 0 Å². The highest BCUT2D eigenvalue weighted by molar-refractivity contribution is 5.80. The Kier molecular flexibility index (Phi) is 3.06. The molecule has 2 rings (SSSR count). The van der Waals surface area contributed by atoms with Gasteiger partial charge in [0.1, 0.15) is 0 Å². The standard InChI is InChI=1S/C13H15NO2/c1-3-10-7-11-5-4-9(8-15)6-12(11)14-13(10)16-2/h4-7,15H,3,8H2,1-2H3. The quantitative estimate of drug-likeness (QED) is 0.857. The zero-order valence-electron chi connectivity index (χ0n) is 9.53. The van der Waals surface area contributed by atoms with Crippen LogP contribution < -0.4 is 4.74 Å². The van der Waals surface area contributed by atoms with Gasteiger partial charge in [-0.1, -0.05) is 19.1 Å². The van der Waals surface area contributed by atoms with Crippen LogP contribution in [0.2, 0.25) is 0 Å². The predicted molar refractivity (Wildman–Crippen MR) is 63.6 cm³/mol. The Hall–Kier alpha value is -1.61. The lowest BCUT2D eigenvalue weighted by Crippen LogP contribution is -1.95. The van der Waals surface area contributed by atoms with Crippen molar-refractivity contribution in [2.75, 3.05) is 7.11 Å². The minimum atomic E-state index is 0.0372. The fraction of sp³-hybridized carbons (Fsp3) is 0.308. The molecule has 0 aliphatic heterocycles. The predicted octanol–water partition coefficient (Wildman–Crippen LogP) is 2.30. The third-order valence-electron chi connectivity index (χ3n) is 2.68. The van der Waals surface area contributed by atoms with Gasteiger partial charge in [0, 0.05) is 10.9 Å². The van der Waals surface area contributed by atoms with E-state index in [1.165, 1.54) is 0 Å². The van der Waals surface area contributed by atoms with Gasteiger partial charge in [0.25, 0.3) is 0 Å². The van der Waals surface area contributed by atoms with Crippen LogP contribution >= 0.6 is 0 Å². The number of aryl methyl sites for hydroxylation is 1. The molecule has 0 unspecified atom stereocenters. The van der Waals surface area contributed by atoms with E-state index < -0.39 is 0 Å². The van der Waals surface area contributed by atoms with Crippen molar-refractivity contribution >= 4 is 10.9 Å². The topological polar surface area (TPSA) is 42.4 Å². The molecule has 84 valence electrons. The molecule has 0 fully saturated rings. The molecular formula is C13H15NO2. The zero-order valence-corrected chi connectivity index (χ0v) is 9.53. The summed E-state index contributed by atoms with van der Waals surface area (Å²) in [7, 11) is 1.63. The summed E-state index contributed by atoms with van der Waals surface area (Å²) in [6.07, 6.45) is 0.897. The first kappa shape index (κ1) is 10.9. The lowest BCUT2D eigenvalue weighted by Gasteiger charge is -2.08. The lowest BCUT2D eigenvalue weighted by molar-refractivity contribution is 0.282. The number of hydrogen-bond donors (Lipinski definition) is 1. The smallest absolute Gasteiger partial charge is 0.216 e. The fourth-order valence-corrected chi connectivity index (χ4v) is 1.77. The van der Waals surface area contributed by atoms with Crippen LogP contribution in [-0.2, 0) is 13.0 Å². The molecule has 0 spiro atoms. The van der Waals surface area contributed by atoms with Crippen molar-refractivity contribution in [3.63, 3.8) is 0 Å². The van der Waals surface area contributed by atoms with Crippen molar-refractivity contribution < 1.29 is 9.84 Å². The first-order valence-corrected chi connectivity index (χ1v) is 5.36. The molecule has 3 nitrogen and oxygen atoms in total. The normalized spacial score (nSPS) is 10.7. The molecule has 1 heterocycles. The van der Waals surface area contributed by atoms with E-state index in [0.29, 0.717) is 5.88 Å². The van der Waals surface area contributed by atoms with Crippen LogP contribution in [-0.4, -0.2) is 17.2 Å². The molecule has 2 aromatic rings. The van der Waals surface area contributed by atoms with E-state index in [4.69, 9.17) is 9.84 Å². The average Bonchev–Trinajstić information content (AvgIpc) is 2.36. The van der Waals surface area contributed by atoms with Crippen LogP contribution in [0.1, 0.15) is 18.1 Å². The number of benzene rings is 1. The van der Waals surface area contributed by atoms with E-state index in [9.17, 15) is 0 Å². The highest BCUT2D eigenvalue weighted by Gasteiger charge is 2.05. The third-order valence-corrected chi connectivity index (χ3v) is 2.68. The first-order valence-electron chi connectivity index (χ1n) is 5.36. The van der Waals surface area contributed by atoms with Crippen LogP contribution in [0.4, 0.5) is 0 Å². The molecule has 1 N–H and O–H groups in total. The van der Waals surface area contributed by atoms with Crippen LogP contribution in [0.5, 0.6) is 5.88 Å². The van der Waals surface area contributed by atoms with Gasteiger partial charge in [-0.15, -0.1) is 0 Å². The number of rotatable bonds is 3. The highest BCUT2D eigenvalue weighted by atomic mass is 16.5. The second kappa shape index (κ2) is 4.49. The van der Waals surface area contributed by atoms with Crippen molar-refractivity contribution in [1.82, 2.24) is 4.98 Å². The van der Waals surface area contributed by atoms with E-state index >= 15 is 0 Å². The van der Waals surface area contributed by atoms with E-state index in [-0.39, 0.29) is 6.61 Å². The van der Waals surface area contributed by atoms with Gasteiger partial charge < -0.3 is 9.84 Å². The summed E-state index contributed by atoms with van der Waals surface area (Å²) in [5.74, 6) is 0.671. The summed E-state index contributed by atoms with van der Waals surface area (Å²) in [5, 5.41) is 10.1. The fourth-order valence-electron chi connectivity index (χ4n) is 1.77. The maximum atomic E-state index is 9.07. The molecule has 1 aromatic heterocycles. The van der Waals surface area contributed by atoms with E-state index in [1.807, 2.05) is 18.2 Å². The zero-order chi connectivity index (χ0) is 11.5. The summed E-state index contributed by atoms with van der Waals surface area (Å²) >= 11 is 0. The van der Waals surface area contributed by atoms with Gasteiger partial charge in [0.2, 0.25) is 5.88 Å². The van der Waals surface area contributed by atoms with Gasteiger partial charge in [0.05, 0.1) is 19.2 Å². The number of ether oxygens (including phenoxy) is 1. The first-order chi connectivity index (χ1) is 7.78. The molecular weight excluding hydrogens is 202 g/mol. The van der Waals surface area contributed by atoms with Crippen molar-refractivity contribution in [2.24, 2.45) is 0 Å². The minimum absolute atomic E-state index is 0.0372. The number of fused-ring (bicyclic) bond motifs is 1. The molecule has 0 amide bonds. The number of hydrogen-bond acceptors (Lipinski definition) is 3. The van der Waals surface area contributed by atoms with E-state index in [0.717, 1.165) is 28.5 Å². The molecule has 3 heteroatoms. The van der Waals surface area contributed by atoms with Gasteiger partial charge in [-0.2, -0.15) is 0 Å². The Bertz CT molecular complexity index is 509. The molecule has 0 atom stereocenters. The largest absolute Gasteiger partial charge is 0.481 e. The number of pyridine rings is 1. The number of methoxy groups -OCH3 is 1. The number of aliphatic hydroxyl groups excluding tert-OH is 1. The van der Waals surface area contributed by atoms with Crippen LogP contribution in [0, 0.1) is 0 Å². The summed E-state index contributed by atoms with van der Waals surface area (Å²) in [6.45, 7) is 2.11. The molecule has 0 saturated carbocycles. The van der Waals surface area contributed by atoms with Gasteiger partial charge in [0.15, 0.2) is 0 Å². The average molecular weight is 217 g/mol. The summed E-state index contributed by atoms with van der Waals surface area (Å²) < 4.78 is 5.24. The summed E-state index contributed by atoms with van der Waals surface area (Å²) in [5.41, 5.74) is 2.83. The molecule has 0 aliphatic carbocycles. The van der Waals surface area contributed by atoms with Crippen molar-refractivity contribution in [1.29, 1.82) is 0 Å². The minimum Gasteiger partial charge on any atom is -0.481 e. The summed E-state index contributed by atoms with van der Waals surface area (Å²) in [4.78, 5) is 4.44. The molecule has 0 aliphatic rings. The molecule has 0 radical (unpaired) electrons. The molecule has 0 bridgehead atoms. The van der Waals surface area contributed by atoms with Gasteiger partial charge >= 0.3 is 0 Å². The van der Waals surface area contributed by atoms with Crippen molar-refractivity contribution in [3.05, 3.63) is 35.4 Å². The number of aliphatic hydroxyl groups is 1. The maximum absolute atomic E-state index is 9.07. The lowest BCUT2D eigenvalue weighted by atomic mass is 10.1. The van der Waals surface area contributed by atoms with Crippen LogP contribution in [0.15, 0.2) is 24.3 Å². The number of aromatic nitrogens is 1. The van der Waals surface area contributed by atoms with Gasteiger partial charge in [-0.25, -0.2) is 4.98 Å². The molecule has 1 aromatic carbocycles. The second-order valence-corrected chi connectivity index (χ2v) is 3.70. The third kappa shape index (κ3) is 1.86. The van der Waals surface area contributed by atoms with E-state index in [1.54, 1.807) is 7.11 Å². The number of nitrogens with zero attached hydrogens (tertiary/aromatic N) is 1. The summed E-state index contributed by atoms with van der Waals surface area (Å²) in [6, 6.07) is 7.86. The molecule has 16 heavy (non-hydrogen) atoms. The highest BCUT2D eigenvalue weighted by Crippen LogP contribution is 2.23. The van der Waals surface area contributed by atoms with E-state index in [2.05, 4.69) is 18.0 Å². The maximum Gasteiger partial charge on any atom is 0.216 e. The Labute approximate surface area is 94.7 Å². The van der Waals surface area contributed by atoms with Crippen molar-refractivity contribution in [2.45, 2.75) is 20.0 Å². The Balaban J connectivity index is 2.63. The Morgan fingerprint density at radius 1 is 1.31 bits per heavy atom.